The SMILES string of the molecule is O=C(NCc1ccc2c(c1)OCO2)c1cc(-c2ccc(F)c(F)c2)on1. The maximum Gasteiger partial charge on any atom is 0.273 e. The van der Waals surface area contributed by atoms with Crippen molar-refractivity contribution in [2.45, 2.75) is 6.54 Å². The van der Waals surface area contributed by atoms with Gasteiger partial charge in [-0.3, -0.25) is 4.79 Å². The quantitative estimate of drug-likeness (QED) is 0.775. The number of benzene rings is 2. The van der Waals surface area contributed by atoms with Crippen LogP contribution in [-0.2, 0) is 6.54 Å². The van der Waals surface area contributed by atoms with E-state index in [1.54, 1.807) is 12.1 Å². The van der Waals surface area contributed by atoms with Crippen LogP contribution in [0, 0.1) is 11.6 Å². The van der Waals surface area contributed by atoms with Gasteiger partial charge in [0.15, 0.2) is 34.6 Å². The molecular formula is C18H12F2N2O4. The Hall–Kier alpha value is -3.42. The minimum atomic E-state index is -1.01. The van der Waals surface area contributed by atoms with E-state index >= 15 is 0 Å². The van der Waals surface area contributed by atoms with Gasteiger partial charge in [-0.05, 0) is 35.9 Å². The molecule has 1 aliphatic heterocycles. The smallest absolute Gasteiger partial charge is 0.273 e. The van der Waals surface area contributed by atoms with Crippen LogP contribution in [-0.4, -0.2) is 17.9 Å². The third-order valence-corrected chi connectivity index (χ3v) is 3.84. The molecule has 2 heterocycles. The van der Waals surface area contributed by atoms with E-state index in [2.05, 4.69) is 10.5 Å². The molecule has 0 fully saturated rings. The van der Waals surface area contributed by atoms with Crippen molar-refractivity contribution < 1.29 is 27.6 Å². The summed E-state index contributed by atoms with van der Waals surface area (Å²) in [5.41, 5.74) is 1.14. The molecule has 0 radical (unpaired) electrons. The lowest BCUT2D eigenvalue weighted by atomic mass is 10.1. The second-order valence-electron chi connectivity index (χ2n) is 5.58. The summed E-state index contributed by atoms with van der Waals surface area (Å²) in [6, 6.07) is 10.0. The molecule has 3 aromatic rings. The Labute approximate surface area is 146 Å². The molecule has 0 unspecified atom stereocenters. The van der Waals surface area contributed by atoms with Gasteiger partial charge in [-0.1, -0.05) is 11.2 Å². The molecule has 0 spiro atoms. The first kappa shape index (κ1) is 16.1. The van der Waals surface area contributed by atoms with E-state index < -0.39 is 17.5 Å². The standard InChI is InChI=1S/C18H12F2N2O4/c19-12-3-2-11(6-13(12)20)16-7-14(22-26-16)18(23)21-8-10-1-4-15-17(5-10)25-9-24-15/h1-7H,8-9H2,(H,21,23). The molecule has 132 valence electrons. The molecule has 0 atom stereocenters. The van der Waals surface area contributed by atoms with Gasteiger partial charge in [0.05, 0.1) is 0 Å². The first-order valence-corrected chi connectivity index (χ1v) is 7.69. The third kappa shape index (κ3) is 3.08. The first-order valence-electron chi connectivity index (χ1n) is 7.69. The fourth-order valence-corrected chi connectivity index (χ4v) is 2.49. The zero-order chi connectivity index (χ0) is 18.1. The fraction of sp³-hybridized carbons (Fsp3) is 0.111. The van der Waals surface area contributed by atoms with Crippen molar-refractivity contribution in [2.24, 2.45) is 0 Å². The van der Waals surface area contributed by atoms with Gasteiger partial charge < -0.3 is 19.3 Å². The van der Waals surface area contributed by atoms with Crippen LogP contribution in [0.2, 0.25) is 0 Å². The minimum absolute atomic E-state index is 0.0328. The van der Waals surface area contributed by atoms with Crippen LogP contribution in [0.15, 0.2) is 47.0 Å². The second kappa shape index (κ2) is 6.47. The number of carbonyl (C=O) groups is 1. The molecule has 1 amide bonds. The molecule has 8 heteroatoms. The molecule has 1 aliphatic rings. The summed E-state index contributed by atoms with van der Waals surface area (Å²) in [4.78, 5) is 12.2. The summed E-state index contributed by atoms with van der Waals surface area (Å²) in [5.74, 6) is -0.980. The van der Waals surface area contributed by atoms with Gasteiger partial charge in [-0.25, -0.2) is 8.78 Å². The molecule has 2 aromatic carbocycles. The van der Waals surface area contributed by atoms with Crippen molar-refractivity contribution in [3.8, 4) is 22.8 Å². The summed E-state index contributed by atoms with van der Waals surface area (Å²) >= 11 is 0. The number of aromatic nitrogens is 1. The lowest BCUT2D eigenvalue weighted by molar-refractivity contribution is 0.0942. The number of carbonyl (C=O) groups excluding carboxylic acids is 1. The summed E-state index contributed by atoms with van der Waals surface area (Å²) in [6.07, 6.45) is 0. The predicted molar refractivity (Wildman–Crippen MR) is 85.6 cm³/mol. The molecule has 26 heavy (non-hydrogen) atoms. The van der Waals surface area contributed by atoms with Crippen molar-refractivity contribution in [1.82, 2.24) is 10.5 Å². The molecule has 1 N–H and O–H groups in total. The van der Waals surface area contributed by atoms with Crippen molar-refractivity contribution in [2.75, 3.05) is 6.79 Å². The summed E-state index contributed by atoms with van der Waals surface area (Å²) < 4.78 is 41.8. The van der Waals surface area contributed by atoms with E-state index in [9.17, 15) is 13.6 Å². The van der Waals surface area contributed by atoms with E-state index in [1.165, 1.54) is 12.1 Å². The number of rotatable bonds is 4. The van der Waals surface area contributed by atoms with Crippen LogP contribution in [0.1, 0.15) is 16.1 Å². The maximum absolute atomic E-state index is 13.3. The number of hydrogen-bond donors (Lipinski definition) is 1. The Bertz CT molecular complexity index is 987. The highest BCUT2D eigenvalue weighted by atomic mass is 19.2. The van der Waals surface area contributed by atoms with Crippen LogP contribution in [0.4, 0.5) is 8.78 Å². The predicted octanol–water partition coefficient (Wildman–Crippen LogP) is 3.28. The Kier molecular flexibility index (Phi) is 4.00. The van der Waals surface area contributed by atoms with E-state index in [-0.39, 0.29) is 30.4 Å². The Morgan fingerprint density at radius 2 is 1.88 bits per heavy atom. The van der Waals surface area contributed by atoms with Crippen LogP contribution in [0.3, 0.4) is 0 Å². The van der Waals surface area contributed by atoms with Crippen LogP contribution >= 0.6 is 0 Å². The van der Waals surface area contributed by atoms with Gasteiger partial charge in [0.1, 0.15) is 0 Å². The molecule has 1 aromatic heterocycles. The van der Waals surface area contributed by atoms with E-state index in [1.807, 2.05) is 6.07 Å². The summed E-state index contributed by atoms with van der Waals surface area (Å²) in [6.45, 7) is 0.430. The topological polar surface area (TPSA) is 73.6 Å². The van der Waals surface area contributed by atoms with Gasteiger partial charge in [0.25, 0.3) is 5.91 Å². The highest BCUT2D eigenvalue weighted by Gasteiger charge is 2.16. The van der Waals surface area contributed by atoms with Crippen LogP contribution in [0.25, 0.3) is 11.3 Å². The number of nitrogens with zero attached hydrogens (tertiary/aromatic N) is 1. The Balaban J connectivity index is 1.44. The molecule has 4 rings (SSSR count). The number of fused-ring (bicyclic) bond motifs is 1. The van der Waals surface area contributed by atoms with E-state index in [4.69, 9.17) is 14.0 Å². The first-order chi connectivity index (χ1) is 12.6. The highest BCUT2D eigenvalue weighted by molar-refractivity contribution is 5.93. The molecule has 0 saturated carbocycles. The van der Waals surface area contributed by atoms with Crippen molar-refractivity contribution in [3.05, 3.63) is 65.4 Å². The van der Waals surface area contributed by atoms with Crippen LogP contribution < -0.4 is 14.8 Å². The fourth-order valence-electron chi connectivity index (χ4n) is 2.49. The Morgan fingerprint density at radius 1 is 1.04 bits per heavy atom. The third-order valence-electron chi connectivity index (χ3n) is 3.84. The zero-order valence-corrected chi connectivity index (χ0v) is 13.3. The molecule has 0 aliphatic carbocycles. The maximum atomic E-state index is 13.3. The monoisotopic (exact) mass is 358 g/mol. The van der Waals surface area contributed by atoms with Gasteiger partial charge in [0, 0.05) is 18.2 Å². The van der Waals surface area contributed by atoms with Gasteiger partial charge in [0.2, 0.25) is 6.79 Å². The van der Waals surface area contributed by atoms with Gasteiger partial charge in [-0.2, -0.15) is 0 Å². The van der Waals surface area contributed by atoms with Gasteiger partial charge >= 0.3 is 0 Å². The lowest BCUT2D eigenvalue weighted by Crippen LogP contribution is -2.22. The number of nitrogens with one attached hydrogen (secondary N) is 1. The average Bonchev–Trinajstić information content (AvgIpc) is 3.30. The van der Waals surface area contributed by atoms with Crippen molar-refractivity contribution in [1.29, 1.82) is 0 Å². The number of hydrogen-bond acceptors (Lipinski definition) is 5. The largest absolute Gasteiger partial charge is 0.454 e. The zero-order valence-electron chi connectivity index (χ0n) is 13.3. The molecular weight excluding hydrogens is 346 g/mol. The minimum Gasteiger partial charge on any atom is -0.454 e. The Morgan fingerprint density at radius 3 is 2.73 bits per heavy atom. The summed E-state index contributed by atoms with van der Waals surface area (Å²) in [5, 5.41) is 6.37. The molecule has 6 nitrogen and oxygen atoms in total. The highest BCUT2D eigenvalue weighted by Crippen LogP contribution is 2.32. The molecule has 0 saturated heterocycles. The number of halogens is 2. The number of amides is 1. The van der Waals surface area contributed by atoms with E-state index in [0.717, 1.165) is 17.7 Å². The van der Waals surface area contributed by atoms with Crippen LogP contribution in [0.5, 0.6) is 11.5 Å². The average molecular weight is 358 g/mol. The molecule has 0 bridgehead atoms. The lowest BCUT2D eigenvalue weighted by Gasteiger charge is -2.04. The second-order valence-corrected chi connectivity index (χ2v) is 5.58. The summed E-state index contributed by atoms with van der Waals surface area (Å²) in [7, 11) is 0. The van der Waals surface area contributed by atoms with E-state index in [0.29, 0.717) is 11.5 Å². The van der Waals surface area contributed by atoms with Gasteiger partial charge in [-0.15, -0.1) is 0 Å². The van der Waals surface area contributed by atoms with Crippen molar-refractivity contribution >= 4 is 5.91 Å². The van der Waals surface area contributed by atoms with Crippen molar-refractivity contribution in [3.63, 3.8) is 0 Å². The normalized spacial score (nSPS) is 12.2. The number of ether oxygens (including phenoxy) is 2.